The van der Waals surface area contributed by atoms with Crippen molar-refractivity contribution in [2.45, 2.75) is 13.5 Å². The van der Waals surface area contributed by atoms with Gasteiger partial charge in [0.25, 0.3) is 0 Å². The average Bonchev–Trinajstić information content (AvgIpc) is 2.29. The lowest BCUT2D eigenvalue weighted by molar-refractivity contribution is -0.144. The summed E-state index contributed by atoms with van der Waals surface area (Å²) in [7, 11) is 1.41. The summed E-state index contributed by atoms with van der Waals surface area (Å²) in [6.45, 7) is 3.27. The van der Waals surface area contributed by atoms with E-state index in [0.29, 0.717) is 6.54 Å². The third-order valence-electron chi connectivity index (χ3n) is 2.23. The molecule has 15 heavy (non-hydrogen) atoms. The molecule has 1 aromatic carbocycles. The van der Waals surface area contributed by atoms with Gasteiger partial charge >= 0.3 is 5.97 Å². The van der Waals surface area contributed by atoms with Crippen LogP contribution < -0.4 is 5.32 Å². The first-order chi connectivity index (χ1) is 7.24. The Labute approximate surface area is 90.4 Å². The number of rotatable bonds is 5. The van der Waals surface area contributed by atoms with Crippen LogP contribution >= 0.6 is 0 Å². The number of carbonyl (C=O) groups excluding carboxylic acids is 1. The van der Waals surface area contributed by atoms with Gasteiger partial charge in [0.2, 0.25) is 0 Å². The molecule has 0 amide bonds. The van der Waals surface area contributed by atoms with Gasteiger partial charge in [-0.2, -0.15) is 0 Å². The molecule has 1 rings (SSSR count). The summed E-state index contributed by atoms with van der Waals surface area (Å²) in [5, 5.41) is 3.22. The molecular weight excluding hydrogens is 190 g/mol. The molecule has 1 aromatic rings. The maximum Gasteiger partial charge on any atom is 0.309 e. The summed E-state index contributed by atoms with van der Waals surface area (Å²) < 4.78 is 4.64. The molecule has 0 aromatic heterocycles. The van der Waals surface area contributed by atoms with Crippen molar-refractivity contribution in [1.29, 1.82) is 0 Å². The van der Waals surface area contributed by atoms with Gasteiger partial charge in [-0.1, -0.05) is 37.3 Å². The fourth-order valence-electron chi connectivity index (χ4n) is 1.31. The van der Waals surface area contributed by atoms with Crippen LogP contribution in [0.15, 0.2) is 30.3 Å². The monoisotopic (exact) mass is 207 g/mol. The summed E-state index contributed by atoms with van der Waals surface area (Å²) in [5.41, 5.74) is 1.22. The molecule has 1 atom stereocenters. The van der Waals surface area contributed by atoms with E-state index in [9.17, 15) is 4.79 Å². The van der Waals surface area contributed by atoms with Gasteiger partial charge in [0.1, 0.15) is 0 Å². The van der Waals surface area contributed by atoms with Gasteiger partial charge in [0.15, 0.2) is 0 Å². The molecule has 0 aliphatic carbocycles. The van der Waals surface area contributed by atoms with Crippen molar-refractivity contribution in [2.75, 3.05) is 13.7 Å². The van der Waals surface area contributed by atoms with Gasteiger partial charge in [-0.05, 0) is 5.56 Å². The van der Waals surface area contributed by atoms with Crippen molar-refractivity contribution in [2.24, 2.45) is 5.92 Å². The number of esters is 1. The highest BCUT2D eigenvalue weighted by Crippen LogP contribution is 1.99. The Hall–Kier alpha value is -1.35. The quantitative estimate of drug-likeness (QED) is 0.745. The Morgan fingerprint density at radius 2 is 2.07 bits per heavy atom. The fourth-order valence-corrected chi connectivity index (χ4v) is 1.31. The molecule has 0 saturated heterocycles. The molecule has 0 radical (unpaired) electrons. The van der Waals surface area contributed by atoms with Crippen LogP contribution in [0.4, 0.5) is 0 Å². The van der Waals surface area contributed by atoms with Crippen molar-refractivity contribution in [3.63, 3.8) is 0 Å². The maximum absolute atomic E-state index is 11.1. The number of carbonyl (C=O) groups is 1. The van der Waals surface area contributed by atoms with Gasteiger partial charge in [0.05, 0.1) is 13.0 Å². The van der Waals surface area contributed by atoms with Crippen LogP contribution in [0.1, 0.15) is 12.5 Å². The largest absolute Gasteiger partial charge is 0.469 e. The molecule has 0 fully saturated rings. The number of nitrogens with one attached hydrogen (secondary N) is 1. The molecule has 3 nitrogen and oxygen atoms in total. The van der Waals surface area contributed by atoms with Crippen LogP contribution in [-0.4, -0.2) is 19.6 Å². The second-order valence-electron chi connectivity index (χ2n) is 3.54. The van der Waals surface area contributed by atoms with Crippen molar-refractivity contribution < 1.29 is 9.53 Å². The minimum Gasteiger partial charge on any atom is -0.469 e. The Morgan fingerprint density at radius 1 is 1.40 bits per heavy atom. The van der Waals surface area contributed by atoms with Gasteiger partial charge < -0.3 is 10.1 Å². The van der Waals surface area contributed by atoms with Crippen LogP contribution in [-0.2, 0) is 16.1 Å². The first-order valence-electron chi connectivity index (χ1n) is 5.06. The van der Waals surface area contributed by atoms with Crippen molar-refractivity contribution in [3.8, 4) is 0 Å². The van der Waals surface area contributed by atoms with Gasteiger partial charge in [0, 0.05) is 13.1 Å². The van der Waals surface area contributed by atoms with Crippen molar-refractivity contribution >= 4 is 5.97 Å². The van der Waals surface area contributed by atoms with Crippen LogP contribution in [0.25, 0.3) is 0 Å². The second-order valence-corrected chi connectivity index (χ2v) is 3.54. The Kier molecular flexibility index (Phi) is 4.84. The van der Waals surface area contributed by atoms with Crippen molar-refractivity contribution in [3.05, 3.63) is 35.9 Å². The molecule has 0 aliphatic rings. The smallest absolute Gasteiger partial charge is 0.309 e. The highest BCUT2D eigenvalue weighted by molar-refractivity contribution is 5.71. The molecule has 0 heterocycles. The standard InChI is InChI=1S/C12H17NO2/c1-10(12(14)15-2)8-13-9-11-6-4-3-5-7-11/h3-7,10,13H,8-9H2,1-2H3/t10-/m0/s1. The van der Waals surface area contributed by atoms with E-state index < -0.39 is 0 Å². The number of hydrogen-bond donors (Lipinski definition) is 1. The summed E-state index contributed by atoms with van der Waals surface area (Å²) in [6, 6.07) is 10.1. The number of benzene rings is 1. The normalized spacial score (nSPS) is 12.1. The Morgan fingerprint density at radius 3 is 2.67 bits per heavy atom. The summed E-state index contributed by atoms with van der Waals surface area (Å²) >= 11 is 0. The Balaban J connectivity index is 2.25. The average molecular weight is 207 g/mol. The highest BCUT2D eigenvalue weighted by Gasteiger charge is 2.11. The minimum atomic E-state index is -0.171. The minimum absolute atomic E-state index is 0.0984. The van der Waals surface area contributed by atoms with E-state index in [-0.39, 0.29) is 11.9 Å². The topological polar surface area (TPSA) is 38.3 Å². The van der Waals surface area contributed by atoms with Gasteiger partial charge in [-0.3, -0.25) is 4.79 Å². The van der Waals surface area contributed by atoms with E-state index in [0.717, 1.165) is 6.54 Å². The fraction of sp³-hybridized carbons (Fsp3) is 0.417. The number of hydrogen-bond acceptors (Lipinski definition) is 3. The maximum atomic E-state index is 11.1. The van der Waals surface area contributed by atoms with Crippen LogP contribution in [0.3, 0.4) is 0 Å². The van der Waals surface area contributed by atoms with E-state index in [1.165, 1.54) is 12.7 Å². The van der Waals surface area contributed by atoms with E-state index in [2.05, 4.69) is 22.2 Å². The summed E-state index contributed by atoms with van der Waals surface area (Å²) in [5.74, 6) is -0.269. The lowest BCUT2D eigenvalue weighted by Crippen LogP contribution is -2.26. The number of ether oxygens (including phenoxy) is 1. The zero-order chi connectivity index (χ0) is 11.1. The molecule has 0 unspecified atom stereocenters. The highest BCUT2D eigenvalue weighted by atomic mass is 16.5. The van der Waals surface area contributed by atoms with Crippen LogP contribution in [0.5, 0.6) is 0 Å². The lowest BCUT2D eigenvalue weighted by atomic mass is 10.1. The molecule has 0 saturated carbocycles. The van der Waals surface area contributed by atoms with Gasteiger partial charge in [-0.25, -0.2) is 0 Å². The second kappa shape index (κ2) is 6.19. The molecule has 82 valence electrons. The van der Waals surface area contributed by atoms with E-state index in [1.807, 2.05) is 25.1 Å². The van der Waals surface area contributed by atoms with E-state index in [1.54, 1.807) is 0 Å². The third-order valence-corrected chi connectivity index (χ3v) is 2.23. The summed E-state index contributed by atoms with van der Waals surface area (Å²) in [6.07, 6.45) is 0. The molecule has 3 heteroatoms. The predicted octanol–water partition coefficient (Wildman–Crippen LogP) is 1.59. The zero-order valence-corrected chi connectivity index (χ0v) is 9.19. The lowest BCUT2D eigenvalue weighted by Gasteiger charge is -2.10. The zero-order valence-electron chi connectivity index (χ0n) is 9.19. The Bertz CT molecular complexity index is 298. The molecular formula is C12H17NO2. The van der Waals surface area contributed by atoms with E-state index in [4.69, 9.17) is 0 Å². The van der Waals surface area contributed by atoms with Crippen molar-refractivity contribution in [1.82, 2.24) is 5.32 Å². The van der Waals surface area contributed by atoms with E-state index >= 15 is 0 Å². The number of methoxy groups -OCH3 is 1. The molecule has 1 N–H and O–H groups in total. The summed E-state index contributed by atoms with van der Waals surface area (Å²) in [4.78, 5) is 11.1. The first kappa shape index (κ1) is 11.7. The third kappa shape index (κ3) is 4.13. The predicted molar refractivity (Wildman–Crippen MR) is 59.3 cm³/mol. The first-order valence-corrected chi connectivity index (χ1v) is 5.06. The molecule has 0 aliphatic heterocycles. The molecule has 0 bridgehead atoms. The van der Waals surface area contributed by atoms with Crippen LogP contribution in [0, 0.1) is 5.92 Å². The van der Waals surface area contributed by atoms with Crippen LogP contribution in [0.2, 0.25) is 0 Å². The SMILES string of the molecule is COC(=O)[C@@H](C)CNCc1ccccc1. The van der Waals surface area contributed by atoms with Gasteiger partial charge in [-0.15, -0.1) is 0 Å². The molecule has 0 spiro atoms.